The van der Waals surface area contributed by atoms with Crippen LogP contribution in [-0.2, 0) is 14.3 Å². The first kappa shape index (κ1) is 81.8. The Morgan fingerprint density at radius 3 is 0.929 bits per heavy atom. The third-order valence-corrected chi connectivity index (χ3v) is 17.6. The second-order valence-electron chi connectivity index (χ2n) is 26.0. The molecule has 0 saturated heterocycles. The largest absolute Gasteiger partial charge is 0.466 e. The fourth-order valence-electron chi connectivity index (χ4n) is 11.8. The number of unbranched alkanes of at least 4 members (excludes halogenated alkanes) is 52. The zero-order valence-corrected chi connectivity index (χ0v) is 56.6. The van der Waals surface area contributed by atoms with Gasteiger partial charge in [0, 0.05) is 12.8 Å². The highest BCUT2D eigenvalue weighted by atomic mass is 16.5. The first-order chi connectivity index (χ1) is 41.5. The number of hydrogen-bond donors (Lipinski definition) is 3. The van der Waals surface area contributed by atoms with Crippen LogP contribution in [-0.4, -0.2) is 47.4 Å². The Morgan fingerprint density at radius 1 is 0.333 bits per heavy atom. The third-order valence-electron chi connectivity index (χ3n) is 17.6. The van der Waals surface area contributed by atoms with E-state index in [1.807, 2.05) is 0 Å². The minimum absolute atomic E-state index is 0.00163. The van der Waals surface area contributed by atoms with Gasteiger partial charge in [0.25, 0.3) is 0 Å². The quantitative estimate of drug-likeness (QED) is 0.0320. The molecule has 2 atom stereocenters. The number of nitrogens with one attached hydrogen (secondary N) is 1. The number of esters is 1. The summed E-state index contributed by atoms with van der Waals surface area (Å²) in [6, 6.07) is -0.545. The Kier molecular flexibility index (Phi) is 71.4. The molecule has 0 spiro atoms. The molecular weight excluding hydrogens is 1030 g/mol. The fourth-order valence-corrected chi connectivity index (χ4v) is 11.8. The summed E-state index contributed by atoms with van der Waals surface area (Å²) in [7, 11) is 0. The van der Waals surface area contributed by atoms with Crippen molar-refractivity contribution in [3.05, 3.63) is 48.6 Å². The first-order valence-electron chi connectivity index (χ1n) is 37.9. The van der Waals surface area contributed by atoms with Gasteiger partial charge < -0.3 is 20.3 Å². The number of rotatable bonds is 71. The highest BCUT2D eigenvalue weighted by molar-refractivity contribution is 5.76. The van der Waals surface area contributed by atoms with Gasteiger partial charge in [-0.1, -0.05) is 358 Å². The van der Waals surface area contributed by atoms with Crippen molar-refractivity contribution in [1.82, 2.24) is 5.32 Å². The van der Waals surface area contributed by atoms with Crippen LogP contribution in [0.3, 0.4) is 0 Å². The number of aliphatic hydroxyl groups excluding tert-OH is 2. The van der Waals surface area contributed by atoms with E-state index in [2.05, 4.69) is 67.8 Å². The van der Waals surface area contributed by atoms with Crippen molar-refractivity contribution in [2.75, 3.05) is 13.2 Å². The molecule has 0 bridgehead atoms. The van der Waals surface area contributed by atoms with E-state index in [0.29, 0.717) is 25.9 Å². The van der Waals surface area contributed by atoms with Crippen LogP contribution in [0.4, 0.5) is 0 Å². The van der Waals surface area contributed by atoms with Crippen molar-refractivity contribution < 1.29 is 24.5 Å². The van der Waals surface area contributed by atoms with Crippen LogP contribution in [0, 0.1) is 0 Å². The zero-order chi connectivity index (χ0) is 60.6. The number of allylic oxidation sites excluding steroid dienone is 8. The van der Waals surface area contributed by atoms with Crippen LogP contribution in [0.15, 0.2) is 48.6 Å². The van der Waals surface area contributed by atoms with E-state index in [0.717, 1.165) is 57.8 Å². The van der Waals surface area contributed by atoms with E-state index in [4.69, 9.17) is 4.74 Å². The molecule has 494 valence electrons. The minimum atomic E-state index is -0.667. The molecule has 6 heteroatoms. The Bertz CT molecular complexity index is 1400. The normalized spacial score (nSPS) is 12.8. The molecule has 0 saturated carbocycles. The number of carbonyl (C=O) groups excluding carboxylic acids is 2. The number of ether oxygens (including phenoxy) is 1. The highest BCUT2D eigenvalue weighted by Crippen LogP contribution is 2.19. The second-order valence-corrected chi connectivity index (χ2v) is 26.0. The molecular formula is C78H147NO5. The maximum Gasteiger partial charge on any atom is 0.305 e. The van der Waals surface area contributed by atoms with Gasteiger partial charge in [-0.3, -0.25) is 9.59 Å². The Balaban J connectivity index is 3.41. The van der Waals surface area contributed by atoms with Gasteiger partial charge in [0.1, 0.15) is 0 Å². The molecule has 1 amide bonds. The number of aliphatic hydroxyl groups is 2. The molecule has 0 aromatic rings. The predicted octanol–water partition coefficient (Wildman–Crippen LogP) is 24.8. The standard InChI is InChI=1S/C78H147NO5/c1-3-5-7-9-11-13-15-17-19-20-21-22-30-33-36-39-43-46-50-54-58-62-66-70-76(81)75(74-80)79-77(82)71-67-63-59-55-51-47-44-40-37-34-31-28-26-24-23-25-27-29-32-35-38-41-45-49-53-57-61-65-69-73-84-78(83)72-68-64-60-56-52-48-42-18-16-14-12-10-8-6-4-2/h12,14,18,23,25,29,32,42,75-76,80-81H,3-11,13,15-17,19-22,24,26-28,30-31,33-41,43-74H2,1-2H3,(H,79,82)/b14-12-,25-23-,32-29-,42-18-. The van der Waals surface area contributed by atoms with Crippen LogP contribution < -0.4 is 5.32 Å². The summed E-state index contributed by atoms with van der Waals surface area (Å²) >= 11 is 0. The van der Waals surface area contributed by atoms with Crippen molar-refractivity contribution in [1.29, 1.82) is 0 Å². The van der Waals surface area contributed by atoms with E-state index < -0.39 is 12.1 Å². The Labute approximate surface area is 525 Å². The van der Waals surface area contributed by atoms with Gasteiger partial charge in [-0.15, -0.1) is 0 Å². The van der Waals surface area contributed by atoms with Crippen LogP contribution in [0.25, 0.3) is 0 Å². The average molecular weight is 1180 g/mol. The zero-order valence-electron chi connectivity index (χ0n) is 56.6. The molecule has 6 nitrogen and oxygen atoms in total. The summed E-state index contributed by atoms with van der Waals surface area (Å²) in [5.74, 6) is -0.0333. The van der Waals surface area contributed by atoms with Crippen LogP contribution in [0.2, 0.25) is 0 Å². The molecule has 84 heavy (non-hydrogen) atoms. The monoisotopic (exact) mass is 1180 g/mol. The Hall–Kier alpha value is -2.18. The van der Waals surface area contributed by atoms with Gasteiger partial charge in [-0.2, -0.15) is 0 Å². The Morgan fingerprint density at radius 2 is 0.595 bits per heavy atom. The van der Waals surface area contributed by atoms with Crippen LogP contribution in [0.5, 0.6) is 0 Å². The molecule has 0 aliphatic carbocycles. The van der Waals surface area contributed by atoms with Crippen molar-refractivity contribution in [2.24, 2.45) is 0 Å². The predicted molar refractivity (Wildman–Crippen MR) is 370 cm³/mol. The highest BCUT2D eigenvalue weighted by Gasteiger charge is 2.20. The maximum absolute atomic E-state index is 12.6. The smallest absolute Gasteiger partial charge is 0.305 e. The average Bonchev–Trinajstić information content (AvgIpc) is 3.51. The third kappa shape index (κ3) is 68.9. The second kappa shape index (κ2) is 73.3. The van der Waals surface area contributed by atoms with Crippen molar-refractivity contribution in [3.63, 3.8) is 0 Å². The van der Waals surface area contributed by atoms with Crippen molar-refractivity contribution in [3.8, 4) is 0 Å². The summed E-state index contributed by atoms with van der Waals surface area (Å²) in [5.41, 5.74) is 0. The van der Waals surface area contributed by atoms with E-state index in [1.165, 1.54) is 321 Å². The van der Waals surface area contributed by atoms with Gasteiger partial charge in [0.2, 0.25) is 5.91 Å². The summed E-state index contributed by atoms with van der Waals surface area (Å²) in [6.45, 7) is 4.95. The van der Waals surface area contributed by atoms with Gasteiger partial charge in [0.15, 0.2) is 0 Å². The van der Waals surface area contributed by atoms with Gasteiger partial charge >= 0.3 is 5.97 Å². The molecule has 0 aromatic carbocycles. The lowest BCUT2D eigenvalue weighted by Gasteiger charge is -2.22. The van der Waals surface area contributed by atoms with E-state index in [-0.39, 0.29) is 18.5 Å². The van der Waals surface area contributed by atoms with E-state index in [1.54, 1.807) is 0 Å². The van der Waals surface area contributed by atoms with Gasteiger partial charge in [-0.05, 0) is 89.9 Å². The molecule has 0 aliphatic heterocycles. The summed E-state index contributed by atoms with van der Waals surface area (Å²) in [4.78, 5) is 24.6. The first-order valence-corrected chi connectivity index (χ1v) is 37.9. The molecule has 3 N–H and O–H groups in total. The molecule has 0 aliphatic rings. The summed E-state index contributed by atoms with van der Waals surface area (Å²) in [6.07, 6.45) is 96.1. The van der Waals surface area contributed by atoms with E-state index in [9.17, 15) is 19.8 Å². The molecule has 0 aromatic heterocycles. The molecule has 0 radical (unpaired) electrons. The van der Waals surface area contributed by atoms with Gasteiger partial charge in [-0.25, -0.2) is 0 Å². The van der Waals surface area contributed by atoms with E-state index >= 15 is 0 Å². The summed E-state index contributed by atoms with van der Waals surface area (Å²) in [5, 5.41) is 23.5. The molecule has 0 heterocycles. The number of carbonyl (C=O) groups is 2. The van der Waals surface area contributed by atoms with Crippen molar-refractivity contribution in [2.45, 2.75) is 424 Å². The molecule has 2 unspecified atom stereocenters. The molecule has 0 rings (SSSR count). The lowest BCUT2D eigenvalue weighted by atomic mass is 10.0. The van der Waals surface area contributed by atoms with Crippen molar-refractivity contribution >= 4 is 11.9 Å². The minimum Gasteiger partial charge on any atom is -0.466 e. The van der Waals surface area contributed by atoms with Crippen LogP contribution in [0.1, 0.15) is 412 Å². The maximum atomic E-state index is 12.6. The topological polar surface area (TPSA) is 95.9 Å². The molecule has 0 fully saturated rings. The fraction of sp³-hybridized carbons (Fsp3) is 0.872. The summed E-state index contributed by atoms with van der Waals surface area (Å²) < 4.78 is 5.48. The number of amides is 1. The SMILES string of the molecule is CCCCC/C=C\C/C=C\CCCCCCCC(=O)OCCCCCCCCCCC/C=C\C/C=C\CCCCCCCCCCCCCCCC(=O)NC(CO)C(O)CCCCCCCCCCCCCCCCCCCCCCCCC. The lowest BCUT2D eigenvalue weighted by molar-refractivity contribution is -0.143. The van der Waals surface area contributed by atoms with Gasteiger partial charge in [0.05, 0.1) is 25.4 Å². The number of hydrogen-bond acceptors (Lipinski definition) is 5. The van der Waals surface area contributed by atoms with Crippen LogP contribution >= 0.6 is 0 Å². The lowest BCUT2D eigenvalue weighted by Crippen LogP contribution is -2.45.